The molecule has 0 aromatic heterocycles. The van der Waals surface area contributed by atoms with Crippen LogP contribution in [0.4, 0.5) is 9.18 Å². The average molecular weight is 396 g/mol. The molecule has 0 N–H and O–H groups in total. The highest BCUT2D eigenvalue weighted by Gasteiger charge is 2.45. The molecule has 1 aliphatic heterocycles. The smallest absolute Gasteiger partial charge is 0.274 e. The quantitative estimate of drug-likeness (QED) is 0.502. The first-order valence-electron chi connectivity index (χ1n) is 10.2. The molecule has 0 aromatic rings. The molecule has 4 aliphatic rings. The molecule has 29 heavy (non-hydrogen) atoms. The lowest BCUT2D eigenvalue weighted by Crippen LogP contribution is -2.57. The Bertz CT molecular complexity index is 883. The number of amides is 4. The first-order valence-corrected chi connectivity index (χ1v) is 10.2. The van der Waals surface area contributed by atoms with Gasteiger partial charge in [-0.2, -0.15) is 0 Å². The highest BCUT2D eigenvalue weighted by atomic mass is 19.1. The van der Waals surface area contributed by atoms with Gasteiger partial charge in [0.25, 0.3) is 0 Å². The Morgan fingerprint density at radius 1 is 1.10 bits per heavy atom. The number of barbiturate groups is 1. The summed E-state index contributed by atoms with van der Waals surface area (Å²) in [6, 6.07) is -0.856. The van der Waals surface area contributed by atoms with Crippen LogP contribution in [0, 0.1) is 17.8 Å². The number of allylic oxidation sites excluding steroid dienone is 8. The zero-order valence-electron chi connectivity index (χ0n) is 16.5. The third kappa shape index (κ3) is 4.02. The van der Waals surface area contributed by atoms with E-state index in [4.69, 9.17) is 0 Å². The summed E-state index contributed by atoms with van der Waals surface area (Å²) >= 11 is 0. The highest BCUT2D eigenvalue weighted by Crippen LogP contribution is 2.51. The molecule has 4 rings (SSSR count). The van der Waals surface area contributed by atoms with Gasteiger partial charge in [-0.3, -0.25) is 14.5 Å². The number of carbonyl (C=O) groups excluding carboxylic acids is 3. The zero-order valence-corrected chi connectivity index (χ0v) is 16.5. The molecule has 4 atom stereocenters. The van der Waals surface area contributed by atoms with E-state index in [-0.39, 0.29) is 13.0 Å². The number of urea groups is 1. The van der Waals surface area contributed by atoms with E-state index >= 15 is 4.39 Å². The van der Waals surface area contributed by atoms with E-state index in [1.54, 1.807) is 0 Å². The van der Waals surface area contributed by atoms with Gasteiger partial charge in [0.05, 0.1) is 0 Å². The Balaban J connectivity index is 1.42. The SMILES string of the molecule is CC1C2C=CC(C[C@H](F)N3C(=O)CC(=O)N(CCC4=CC=CCC=C4)C3=O)=CC12. The van der Waals surface area contributed by atoms with Crippen molar-refractivity contribution in [1.29, 1.82) is 0 Å². The largest absolute Gasteiger partial charge is 0.335 e. The van der Waals surface area contributed by atoms with Crippen LogP contribution in [0.1, 0.15) is 32.6 Å². The summed E-state index contributed by atoms with van der Waals surface area (Å²) in [6.45, 7) is 2.28. The highest BCUT2D eigenvalue weighted by molar-refractivity contribution is 6.14. The molecular weight excluding hydrogens is 371 g/mol. The topological polar surface area (TPSA) is 57.7 Å². The number of fused-ring (bicyclic) bond motifs is 1. The molecule has 0 aromatic carbocycles. The van der Waals surface area contributed by atoms with Crippen molar-refractivity contribution in [3.05, 3.63) is 59.8 Å². The second-order valence-corrected chi connectivity index (χ2v) is 8.08. The average Bonchev–Trinajstić information content (AvgIpc) is 3.39. The summed E-state index contributed by atoms with van der Waals surface area (Å²) in [7, 11) is 0. The van der Waals surface area contributed by atoms with Gasteiger partial charge < -0.3 is 0 Å². The number of hydrogen-bond donors (Lipinski definition) is 0. The molecule has 0 radical (unpaired) electrons. The first-order chi connectivity index (χ1) is 14.0. The number of alkyl halides is 1. The molecular formula is C23H25FN2O3. The molecule has 0 bridgehead atoms. The van der Waals surface area contributed by atoms with E-state index in [1.165, 1.54) is 0 Å². The molecule has 5 nitrogen and oxygen atoms in total. The number of nitrogens with zero attached hydrogens (tertiary/aromatic N) is 2. The molecule has 152 valence electrons. The van der Waals surface area contributed by atoms with Crippen LogP contribution in [0.3, 0.4) is 0 Å². The lowest BCUT2D eigenvalue weighted by Gasteiger charge is -2.34. The van der Waals surface area contributed by atoms with Crippen LogP contribution >= 0.6 is 0 Å². The number of hydrogen-bond acceptors (Lipinski definition) is 3. The van der Waals surface area contributed by atoms with Gasteiger partial charge in [-0.05, 0) is 41.7 Å². The minimum absolute atomic E-state index is 0.0371. The summed E-state index contributed by atoms with van der Waals surface area (Å²) in [5.41, 5.74) is 1.78. The Morgan fingerprint density at radius 3 is 2.72 bits per heavy atom. The number of carbonyl (C=O) groups is 3. The fourth-order valence-electron chi connectivity index (χ4n) is 4.23. The molecule has 1 heterocycles. The summed E-state index contributed by atoms with van der Waals surface area (Å²) in [4.78, 5) is 38.9. The van der Waals surface area contributed by atoms with Crippen LogP contribution in [-0.4, -0.2) is 40.5 Å². The van der Waals surface area contributed by atoms with Gasteiger partial charge >= 0.3 is 6.03 Å². The van der Waals surface area contributed by atoms with E-state index < -0.39 is 30.6 Å². The molecule has 2 fully saturated rings. The Morgan fingerprint density at radius 2 is 1.93 bits per heavy atom. The van der Waals surface area contributed by atoms with Gasteiger partial charge in [0.1, 0.15) is 6.42 Å². The summed E-state index contributed by atoms with van der Waals surface area (Å²) in [5.74, 6) is 0.200. The van der Waals surface area contributed by atoms with Crippen LogP contribution in [0.15, 0.2) is 59.8 Å². The minimum Gasteiger partial charge on any atom is -0.274 e. The number of halogens is 1. The molecule has 0 spiro atoms. The van der Waals surface area contributed by atoms with E-state index in [1.807, 2.05) is 42.5 Å². The number of rotatable bonds is 6. The van der Waals surface area contributed by atoms with E-state index in [2.05, 4.69) is 13.0 Å². The lowest BCUT2D eigenvalue weighted by atomic mass is 10.0. The van der Waals surface area contributed by atoms with Crippen LogP contribution in [0.5, 0.6) is 0 Å². The van der Waals surface area contributed by atoms with Crippen molar-refractivity contribution in [3.63, 3.8) is 0 Å². The van der Waals surface area contributed by atoms with Crippen molar-refractivity contribution >= 4 is 17.8 Å². The van der Waals surface area contributed by atoms with Gasteiger partial charge in [-0.1, -0.05) is 55.5 Å². The van der Waals surface area contributed by atoms with Crippen molar-refractivity contribution in [2.24, 2.45) is 17.8 Å². The number of imide groups is 2. The molecule has 1 saturated carbocycles. The van der Waals surface area contributed by atoms with E-state index in [0.29, 0.717) is 29.1 Å². The zero-order chi connectivity index (χ0) is 20.5. The van der Waals surface area contributed by atoms with Gasteiger partial charge in [0, 0.05) is 13.0 Å². The third-order valence-electron chi connectivity index (χ3n) is 6.12. The summed E-state index contributed by atoms with van der Waals surface area (Å²) in [6.07, 6.45) is 14.8. The predicted molar refractivity (Wildman–Crippen MR) is 107 cm³/mol. The van der Waals surface area contributed by atoms with E-state index in [0.717, 1.165) is 22.5 Å². The first kappa shape index (κ1) is 19.6. The maximum absolute atomic E-state index is 15.0. The molecule has 6 heteroatoms. The van der Waals surface area contributed by atoms with Crippen molar-refractivity contribution in [3.8, 4) is 0 Å². The molecule has 1 saturated heterocycles. The van der Waals surface area contributed by atoms with Crippen LogP contribution < -0.4 is 0 Å². The standard InChI is InChI=1S/C23H25FN2O3/c1-15-18-9-8-17(12-19(15)18)13-20(24)26-22(28)14-21(27)25(23(26)29)11-10-16-6-4-2-3-5-7-16/h2,4-9,12,15,18-20H,3,10-11,13-14H2,1H3/t15?,18?,19?,20-/m1/s1. The van der Waals surface area contributed by atoms with Crippen molar-refractivity contribution < 1.29 is 18.8 Å². The normalized spacial score (nSPS) is 29.4. The maximum Gasteiger partial charge on any atom is 0.335 e. The summed E-state index contributed by atoms with van der Waals surface area (Å²) in [5, 5.41) is 0. The molecule has 4 amide bonds. The minimum atomic E-state index is -1.77. The van der Waals surface area contributed by atoms with Gasteiger partial charge in [0.2, 0.25) is 11.8 Å². The van der Waals surface area contributed by atoms with Crippen LogP contribution in [0.2, 0.25) is 0 Å². The van der Waals surface area contributed by atoms with Gasteiger partial charge in [-0.15, -0.1) is 0 Å². The lowest BCUT2D eigenvalue weighted by molar-refractivity contribution is -0.146. The van der Waals surface area contributed by atoms with Crippen molar-refractivity contribution in [1.82, 2.24) is 9.80 Å². The molecule has 3 unspecified atom stereocenters. The monoisotopic (exact) mass is 396 g/mol. The fourth-order valence-corrected chi connectivity index (χ4v) is 4.23. The predicted octanol–water partition coefficient (Wildman–Crippen LogP) is 4.06. The third-order valence-corrected chi connectivity index (χ3v) is 6.12. The molecule has 3 aliphatic carbocycles. The second-order valence-electron chi connectivity index (χ2n) is 8.08. The maximum atomic E-state index is 15.0. The van der Waals surface area contributed by atoms with Gasteiger partial charge in [-0.25, -0.2) is 14.1 Å². The second kappa shape index (κ2) is 7.93. The fraction of sp³-hybridized carbons (Fsp3) is 0.435. The van der Waals surface area contributed by atoms with Crippen molar-refractivity contribution in [2.45, 2.75) is 38.9 Å². The van der Waals surface area contributed by atoms with Crippen LogP contribution in [0.25, 0.3) is 0 Å². The Labute approximate surface area is 169 Å². The Kier molecular flexibility index (Phi) is 5.35. The van der Waals surface area contributed by atoms with Gasteiger partial charge in [0.15, 0.2) is 6.30 Å². The van der Waals surface area contributed by atoms with Crippen molar-refractivity contribution in [2.75, 3.05) is 6.54 Å². The van der Waals surface area contributed by atoms with E-state index in [9.17, 15) is 14.4 Å². The summed E-state index contributed by atoms with van der Waals surface area (Å²) < 4.78 is 15.0. The Hall–Kier alpha value is -2.76. The van der Waals surface area contributed by atoms with Crippen LogP contribution in [-0.2, 0) is 9.59 Å².